The van der Waals surface area contributed by atoms with Crippen molar-refractivity contribution in [2.45, 2.75) is 44.7 Å². The van der Waals surface area contributed by atoms with Crippen molar-refractivity contribution in [3.05, 3.63) is 102 Å². The van der Waals surface area contributed by atoms with Crippen LogP contribution in [-0.4, -0.2) is 40.6 Å². The normalized spacial score (nSPS) is 15.2. The lowest BCUT2D eigenvalue weighted by Crippen LogP contribution is -2.24. The van der Waals surface area contributed by atoms with Crippen LogP contribution in [0.2, 0.25) is 0 Å². The van der Waals surface area contributed by atoms with Gasteiger partial charge in [-0.3, -0.25) is 4.79 Å². The number of methoxy groups -OCH3 is 1. The van der Waals surface area contributed by atoms with Crippen molar-refractivity contribution in [1.82, 2.24) is 14.5 Å². The summed E-state index contributed by atoms with van der Waals surface area (Å²) in [4.78, 5) is 19.8. The molecule has 1 fully saturated rings. The van der Waals surface area contributed by atoms with Gasteiger partial charge in [-0.25, -0.2) is 4.98 Å². The minimum atomic E-state index is 0.0909. The fourth-order valence-corrected chi connectivity index (χ4v) is 5.22. The van der Waals surface area contributed by atoms with E-state index in [0.717, 1.165) is 65.3 Å². The highest BCUT2D eigenvalue weighted by atomic mass is 16.5. The van der Waals surface area contributed by atoms with Crippen molar-refractivity contribution < 1.29 is 14.3 Å². The van der Waals surface area contributed by atoms with Gasteiger partial charge in [0.25, 0.3) is 0 Å². The van der Waals surface area contributed by atoms with Crippen LogP contribution in [0.3, 0.4) is 0 Å². The van der Waals surface area contributed by atoms with Crippen molar-refractivity contribution in [3.63, 3.8) is 0 Å². The van der Waals surface area contributed by atoms with E-state index in [1.54, 1.807) is 7.11 Å². The fraction of sp³-hybridized carbons (Fsp3) is 0.312. The molecule has 1 amide bonds. The number of ether oxygens (including phenoxy) is 2. The SMILES string of the molecule is C=CCc1ccc(OCCCCn2c([C@H]3CC(=O)N(Cc4ccccc4)C3)nc3ccccc32)c(OC)c1. The minimum absolute atomic E-state index is 0.0909. The van der Waals surface area contributed by atoms with E-state index in [1.165, 1.54) is 0 Å². The molecular formula is C32H35N3O3. The zero-order valence-corrected chi connectivity index (χ0v) is 22.0. The van der Waals surface area contributed by atoms with Gasteiger partial charge in [0.2, 0.25) is 5.91 Å². The Labute approximate surface area is 224 Å². The number of allylic oxidation sites excluding steroid dienone is 1. The maximum Gasteiger partial charge on any atom is 0.223 e. The van der Waals surface area contributed by atoms with E-state index in [1.807, 2.05) is 53.4 Å². The number of para-hydroxylation sites is 2. The molecule has 2 heterocycles. The molecule has 0 spiro atoms. The number of imidazole rings is 1. The molecular weight excluding hydrogens is 474 g/mol. The molecule has 0 N–H and O–H groups in total. The lowest BCUT2D eigenvalue weighted by Gasteiger charge is -2.17. The molecule has 0 aliphatic carbocycles. The van der Waals surface area contributed by atoms with Gasteiger partial charge in [-0.2, -0.15) is 0 Å². The Morgan fingerprint density at radius 3 is 2.63 bits per heavy atom. The highest BCUT2D eigenvalue weighted by molar-refractivity contribution is 5.81. The quantitative estimate of drug-likeness (QED) is 0.170. The number of rotatable bonds is 12. The first-order chi connectivity index (χ1) is 18.7. The molecule has 1 saturated heterocycles. The number of nitrogens with zero attached hydrogens (tertiary/aromatic N) is 3. The number of fused-ring (bicyclic) bond motifs is 1. The van der Waals surface area contributed by atoms with Gasteiger partial charge in [0.15, 0.2) is 11.5 Å². The van der Waals surface area contributed by atoms with Crippen LogP contribution in [-0.2, 0) is 24.3 Å². The highest BCUT2D eigenvalue weighted by Gasteiger charge is 2.33. The molecule has 3 aromatic carbocycles. The van der Waals surface area contributed by atoms with Gasteiger partial charge < -0.3 is 18.9 Å². The van der Waals surface area contributed by atoms with Crippen molar-refractivity contribution in [2.24, 2.45) is 0 Å². The van der Waals surface area contributed by atoms with E-state index in [0.29, 0.717) is 26.1 Å². The van der Waals surface area contributed by atoms with Gasteiger partial charge in [0.05, 0.1) is 24.8 Å². The maximum atomic E-state index is 12.9. The van der Waals surface area contributed by atoms with Crippen LogP contribution in [0.5, 0.6) is 11.5 Å². The number of hydrogen-bond acceptors (Lipinski definition) is 4. The molecule has 0 saturated carbocycles. The summed E-state index contributed by atoms with van der Waals surface area (Å²) in [5, 5.41) is 0. The fourth-order valence-electron chi connectivity index (χ4n) is 5.22. The number of aryl methyl sites for hydroxylation is 1. The first-order valence-electron chi connectivity index (χ1n) is 13.3. The van der Waals surface area contributed by atoms with Crippen LogP contribution in [0, 0.1) is 0 Å². The summed E-state index contributed by atoms with van der Waals surface area (Å²) >= 11 is 0. The Hall–Kier alpha value is -4.06. The van der Waals surface area contributed by atoms with E-state index < -0.39 is 0 Å². The molecule has 0 unspecified atom stereocenters. The maximum absolute atomic E-state index is 12.9. The predicted octanol–water partition coefficient (Wildman–Crippen LogP) is 6.15. The van der Waals surface area contributed by atoms with E-state index in [4.69, 9.17) is 14.5 Å². The smallest absolute Gasteiger partial charge is 0.223 e. The van der Waals surface area contributed by atoms with Crippen LogP contribution >= 0.6 is 0 Å². The third-order valence-electron chi connectivity index (χ3n) is 7.12. The molecule has 6 nitrogen and oxygen atoms in total. The van der Waals surface area contributed by atoms with E-state index >= 15 is 0 Å². The molecule has 5 rings (SSSR count). The number of benzene rings is 3. The Morgan fingerprint density at radius 2 is 1.82 bits per heavy atom. The van der Waals surface area contributed by atoms with Crippen molar-refractivity contribution in [1.29, 1.82) is 0 Å². The third-order valence-corrected chi connectivity index (χ3v) is 7.12. The molecule has 0 radical (unpaired) electrons. The molecule has 4 aromatic rings. The van der Waals surface area contributed by atoms with Gasteiger partial charge in [0, 0.05) is 32.0 Å². The molecule has 1 aliphatic rings. The summed E-state index contributed by atoms with van der Waals surface area (Å²) in [5.41, 5.74) is 4.41. The largest absolute Gasteiger partial charge is 0.493 e. The predicted molar refractivity (Wildman–Crippen MR) is 151 cm³/mol. The number of carbonyl (C=O) groups is 1. The lowest BCUT2D eigenvalue weighted by molar-refractivity contribution is -0.128. The van der Waals surface area contributed by atoms with E-state index in [2.05, 4.69) is 41.5 Å². The second kappa shape index (κ2) is 12.0. The average Bonchev–Trinajstić information content (AvgIpc) is 3.49. The van der Waals surface area contributed by atoms with Crippen molar-refractivity contribution in [2.75, 3.05) is 20.3 Å². The van der Waals surface area contributed by atoms with Crippen LogP contribution in [0.4, 0.5) is 0 Å². The Balaban J connectivity index is 1.23. The molecule has 1 aliphatic heterocycles. The summed E-state index contributed by atoms with van der Waals surface area (Å²) in [6, 6.07) is 24.5. The standard InChI is InChI=1S/C32H35N3O3/c1-3-11-24-16-17-29(30(20-24)37-2)38-19-10-9-18-35-28-15-8-7-14-27(28)33-32(35)26-21-31(36)34(23-26)22-25-12-5-4-6-13-25/h3-8,12-17,20,26H,1,9-11,18-19,21-23H2,2H3/t26-/m0/s1. The van der Waals surface area contributed by atoms with E-state index in [-0.39, 0.29) is 11.8 Å². The summed E-state index contributed by atoms with van der Waals surface area (Å²) < 4.78 is 13.9. The van der Waals surface area contributed by atoms with Gasteiger partial charge in [0.1, 0.15) is 5.82 Å². The Bertz CT molecular complexity index is 1400. The zero-order valence-electron chi connectivity index (χ0n) is 22.0. The summed E-state index contributed by atoms with van der Waals surface area (Å²) in [5.74, 6) is 2.80. The van der Waals surface area contributed by atoms with Crippen molar-refractivity contribution in [3.8, 4) is 11.5 Å². The monoisotopic (exact) mass is 509 g/mol. The van der Waals surface area contributed by atoms with Crippen LogP contribution in [0.25, 0.3) is 11.0 Å². The van der Waals surface area contributed by atoms with Gasteiger partial charge in [-0.05, 0) is 54.7 Å². The number of hydrogen-bond donors (Lipinski definition) is 0. The van der Waals surface area contributed by atoms with Crippen LogP contribution in [0.15, 0.2) is 85.5 Å². The van der Waals surface area contributed by atoms with Crippen LogP contribution in [0.1, 0.15) is 42.1 Å². The third kappa shape index (κ3) is 5.75. The summed E-state index contributed by atoms with van der Waals surface area (Å²) in [6.45, 7) is 6.58. The highest BCUT2D eigenvalue weighted by Crippen LogP contribution is 2.32. The van der Waals surface area contributed by atoms with Crippen molar-refractivity contribution >= 4 is 16.9 Å². The molecule has 196 valence electrons. The number of carbonyl (C=O) groups excluding carboxylic acids is 1. The first kappa shape index (κ1) is 25.6. The Morgan fingerprint density at radius 1 is 1.00 bits per heavy atom. The van der Waals surface area contributed by atoms with Gasteiger partial charge >= 0.3 is 0 Å². The summed E-state index contributed by atoms with van der Waals surface area (Å²) in [6.07, 6.45) is 5.02. The molecule has 6 heteroatoms. The minimum Gasteiger partial charge on any atom is -0.493 e. The second-order valence-electron chi connectivity index (χ2n) is 9.80. The molecule has 1 aromatic heterocycles. The average molecular weight is 510 g/mol. The molecule has 38 heavy (non-hydrogen) atoms. The topological polar surface area (TPSA) is 56.6 Å². The van der Waals surface area contributed by atoms with Crippen LogP contribution < -0.4 is 9.47 Å². The Kier molecular flexibility index (Phi) is 8.07. The summed E-state index contributed by atoms with van der Waals surface area (Å²) in [7, 11) is 1.67. The zero-order chi connectivity index (χ0) is 26.3. The van der Waals surface area contributed by atoms with Gasteiger partial charge in [-0.15, -0.1) is 6.58 Å². The number of aromatic nitrogens is 2. The number of amides is 1. The lowest BCUT2D eigenvalue weighted by atomic mass is 10.1. The van der Waals surface area contributed by atoms with E-state index in [9.17, 15) is 4.79 Å². The first-order valence-corrected chi connectivity index (χ1v) is 13.3. The second-order valence-corrected chi connectivity index (χ2v) is 9.80. The number of likely N-dealkylation sites (tertiary alicyclic amines) is 1. The number of unbranched alkanes of at least 4 members (excludes halogenated alkanes) is 1. The molecule has 1 atom stereocenters. The molecule has 0 bridgehead atoms. The van der Waals surface area contributed by atoms with Gasteiger partial charge in [-0.1, -0.05) is 54.6 Å².